The predicted octanol–water partition coefficient (Wildman–Crippen LogP) is 2.27. The van der Waals surface area contributed by atoms with E-state index in [4.69, 9.17) is 0 Å². The summed E-state index contributed by atoms with van der Waals surface area (Å²) in [5.41, 5.74) is 1.91. The number of nitriles is 1. The minimum absolute atomic E-state index is 0.00502. The molecule has 0 bridgehead atoms. The van der Waals surface area contributed by atoms with Crippen molar-refractivity contribution in [2.75, 3.05) is 31.5 Å². The zero-order chi connectivity index (χ0) is 17.7. The van der Waals surface area contributed by atoms with Crippen molar-refractivity contribution in [3.63, 3.8) is 0 Å². The van der Waals surface area contributed by atoms with Gasteiger partial charge in [-0.25, -0.2) is 0 Å². The number of hydrogen-bond acceptors (Lipinski definition) is 4. The quantitative estimate of drug-likeness (QED) is 0.634. The second kappa shape index (κ2) is 7.97. The number of carbonyl (C=O) groups is 2. The van der Waals surface area contributed by atoms with Crippen LogP contribution in [-0.2, 0) is 9.59 Å². The monoisotopic (exact) mass is 390 g/mol. The lowest BCUT2D eigenvalue weighted by Gasteiger charge is -2.34. The van der Waals surface area contributed by atoms with Crippen LogP contribution in [0.2, 0.25) is 0 Å². The number of hydrogen-bond donors (Lipinski definition) is 1. The van der Waals surface area contributed by atoms with Crippen LogP contribution >= 0.6 is 15.9 Å². The smallest absolute Gasteiger partial charge is 0.266 e. The molecule has 0 aliphatic carbocycles. The van der Waals surface area contributed by atoms with Crippen molar-refractivity contribution in [1.29, 1.82) is 5.26 Å². The van der Waals surface area contributed by atoms with Gasteiger partial charge >= 0.3 is 0 Å². The number of rotatable bonds is 3. The number of piperazine rings is 1. The van der Waals surface area contributed by atoms with Gasteiger partial charge in [-0.1, -0.05) is 15.9 Å². The number of halogens is 1. The molecule has 24 heavy (non-hydrogen) atoms. The molecule has 1 aromatic carbocycles. The fourth-order valence-electron chi connectivity index (χ4n) is 2.43. The molecule has 1 aliphatic rings. The minimum atomic E-state index is -0.318. The molecule has 1 aromatic rings. The highest BCUT2D eigenvalue weighted by molar-refractivity contribution is 9.10. The Morgan fingerprint density at radius 1 is 1.25 bits per heavy atom. The summed E-state index contributed by atoms with van der Waals surface area (Å²) in [4.78, 5) is 27.1. The predicted molar refractivity (Wildman–Crippen MR) is 95.0 cm³/mol. The molecule has 6 nitrogen and oxygen atoms in total. The highest BCUT2D eigenvalue weighted by atomic mass is 79.9. The highest BCUT2D eigenvalue weighted by Crippen LogP contribution is 2.20. The largest absolute Gasteiger partial charge is 0.360 e. The number of aryl methyl sites for hydroxylation is 1. The maximum atomic E-state index is 12.4. The van der Waals surface area contributed by atoms with Crippen LogP contribution in [0.5, 0.6) is 0 Å². The number of nitrogens with zero attached hydrogens (tertiary/aromatic N) is 3. The second-order valence-electron chi connectivity index (χ2n) is 5.58. The fourth-order valence-corrected chi connectivity index (χ4v) is 2.67. The minimum Gasteiger partial charge on any atom is -0.360 e. The third-order valence-corrected chi connectivity index (χ3v) is 4.79. The third-order valence-electron chi connectivity index (χ3n) is 3.90. The zero-order valence-electron chi connectivity index (χ0n) is 13.7. The van der Waals surface area contributed by atoms with Gasteiger partial charge in [0, 0.05) is 49.5 Å². The van der Waals surface area contributed by atoms with Crippen molar-refractivity contribution < 1.29 is 9.59 Å². The van der Waals surface area contributed by atoms with Crippen molar-refractivity contribution in [2.45, 2.75) is 13.8 Å². The van der Waals surface area contributed by atoms with Crippen molar-refractivity contribution in [3.05, 3.63) is 40.0 Å². The number of carbonyl (C=O) groups excluding carboxylic acids is 2. The lowest BCUT2D eigenvalue weighted by atomic mass is 10.2. The van der Waals surface area contributed by atoms with Crippen LogP contribution in [-0.4, -0.2) is 47.8 Å². The maximum Gasteiger partial charge on any atom is 0.266 e. The van der Waals surface area contributed by atoms with Gasteiger partial charge in [0.1, 0.15) is 11.6 Å². The molecule has 2 amide bonds. The topological polar surface area (TPSA) is 76.4 Å². The summed E-state index contributed by atoms with van der Waals surface area (Å²) in [6.07, 6.45) is 1.43. The molecule has 1 heterocycles. The Hall–Kier alpha value is -2.33. The average Bonchev–Trinajstić information content (AvgIpc) is 2.58. The van der Waals surface area contributed by atoms with Crippen LogP contribution in [0.1, 0.15) is 12.5 Å². The molecule has 0 atom stereocenters. The van der Waals surface area contributed by atoms with Crippen LogP contribution in [0, 0.1) is 18.3 Å². The van der Waals surface area contributed by atoms with Crippen LogP contribution in [0.4, 0.5) is 5.69 Å². The van der Waals surface area contributed by atoms with Crippen LogP contribution in [0.25, 0.3) is 0 Å². The van der Waals surface area contributed by atoms with Crippen molar-refractivity contribution >= 4 is 33.4 Å². The van der Waals surface area contributed by atoms with Gasteiger partial charge in [0.05, 0.1) is 0 Å². The normalized spacial score (nSPS) is 15.0. The standard InChI is InChI=1S/C17H19BrN4O2/c1-12-9-15(3-4-16(12)18)20-11-14(10-19)17(24)22-7-5-21(6-8-22)13(2)23/h3-4,9,11,20H,5-8H2,1-2H3/b14-11-. The molecule has 0 aromatic heterocycles. The molecule has 0 radical (unpaired) electrons. The van der Waals surface area contributed by atoms with Crippen molar-refractivity contribution in [2.24, 2.45) is 0 Å². The average molecular weight is 391 g/mol. The SMILES string of the molecule is CC(=O)N1CCN(C(=O)/C(C#N)=C\Nc2ccc(Br)c(C)c2)CC1. The number of amides is 2. The molecule has 1 aliphatic heterocycles. The Bertz CT molecular complexity index is 716. The van der Waals surface area contributed by atoms with E-state index >= 15 is 0 Å². The van der Waals surface area contributed by atoms with E-state index in [9.17, 15) is 14.9 Å². The molecule has 126 valence electrons. The van der Waals surface area contributed by atoms with E-state index in [1.165, 1.54) is 13.1 Å². The van der Waals surface area contributed by atoms with E-state index in [0.29, 0.717) is 26.2 Å². The molecular weight excluding hydrogens is 372 g/mol. The van der Waals surface area contributed by atoms with Crippen LogP contribution < -0.4 is 5.32 Å². The Morgan fingerprint density at radius 3 is 2.42 bits per heavy atom. The van der Waals surface area contributed by atoms with E-state index in [2.05, 4.69) is 21.2 Å². The highest BCUT2D eigenvalue weighted by Gasteiger charge is 2.24. The van der Waals surface area contributed by atoms with Gasteiger partial charge in [-0.3, -0.25) is 9.59 Å². The van der Waals surface area contributed by atoms with E-state index in [0.717, 1.165) is 15.7 Å². The first-order valence-electron chi connectivity index (χ1n) is 7.60. The molecule has 2 rings (SSSR count). The molecule has 1 N–H and O–H groups in total. The van der Waals surface area contributed by atoms with Crippen LogP contribution in [0.15, 0.2) is 34.4 Å². The fraction of sp³-hybridized carbons (Fsp3) is 0.353. The van der Waals surface area contributed by atoms with E-state index in [-0.39, 0.29) is 17.4 Å². The van der Waals surface area contributed by atoms with E-state index in [1.807, 2.05) is 31.2 Å². The molecule has 7 heteroatoms. The van der Waals surface area contributed by atoms with Gasteiger partial charge < -0.3 is 15.1 Å². The van der Waals surface area contributed by atoms with E-state index in [1.54, 1.807) is 9.80 Å². The summed E-state index contributed by atoms with van der Waals surface area (Å²) in [5.74, 6) is -0.313. The number of benzene rings is 1. The van der Waals surface area contributed by atoms with Gasteiger partial charge in [0.25, 0.3) is 5.91 Å². The van der Waals surface area contributed by atoms with Gasteiger partial charge in [-0.2, -0.15) is 5.26 Å². The number of nitrogens with one attached hydrogen (secondary N) is 1. The molecular formula is C17H19BrN4O2. The Kier molecular flexibility index (Phi) is 5.99. The Labute approximate surface area is 149 Å². The first kappa shape index (κ1) is 18.0. The number of anilines is 1. The summed E-state index contributed by atoms with van der Waals surface area (Å²) in [6, 6.07) is 7.63. The molecule has 0 unspecified atom stereocenters. The molecule has 0 saturated carbocycles. The molecule has 1 saturated heterocycles. The third kappa shape index (κ3) is 4.36. The molecule has 1 fully saturated rings. The summed E-state index contributed by atoms with van der Waals surface area (Å²) >= 11 is 3.43. The zero-order valence-corrected chi connectivity index (χ0v) is 15.3. The lowest BCUT2D eigenvalue weighted by Crippen LogP contribution is -2.50. The lowest BCUT2D eigenvalue weighted by molar-refractivity contribution is -0.136. The first-order chi connectivity index (χ1) is 11.4. The summed E-state index contributed by atoms with van der Waals surface area (Å²) < 4.78 is 0.997. The Balaban J connectivity index is 2.02. The summed E-state index contributed by atoms with van der Waals surface area (Å²) in [5, 5.41) is 12.3. The summed E-state index contributed by atoms with van der Waals surface area (Å²) in [6.45, 7) is 5.36. The van der Waals surface area contributed by atoms with Gasteiger partial charge in [-0.05, 0) is 30.7 Å². The van der Waals surface area contributed by atoms with Gasteiger partial charge in [-0.15, -0.1) is 0 Å². The van der Waals surface area contributed by atoms with Crippen molar-refractivity contribution in [3.8, 4) is 6.07 Å². The summed E-state index contributed by atoms with van der Waals surface area (Å²) in [7, 11) is 0. The van der Waals surface area contributed by atoms with E-state index < -0.39 is 0 Å². The molecule has 0 spiro atoms. The first-order valence-corrected chi connectivity index (χ1v) is 8.39. The van der Waals surface area contributed by atoms with Crippen LogP contribution in [0.3, 0.4) is 0 Å². The maximum absolute atomic E-state index is 12.4. The van der Waals surface area contributed by atoms with Gasteiger partial charge in [0.15, 0.2) is 0 Å². The second-order valence-corrected chi connectivity index (χ2v) is 6.43. The van der Waals surface area contributed by atoms with Gasteiger partial charge in [0.2, 0.25) is 5.91 Å². The van der Waals surface area contributed by atoms with Crippen molar-refractivity contribution in [1.82, 2.24) is 9.80 Å². The Morgan fingerprint density at radius 2 is 1.88 bits per heavy atom.